The molecule has 17 heavy (non-hydrogen) atoms. The fourth-order valence-electron chi connectivity index (χ4n) is 1.41. The molecule has 1 heterocycles. The average molecular weight is 309 g/mol. The molecule has 0 aliphatic heterocycles. The molecule has 2 rings (SSSR count). The number of H-pyrrole nitrogens is 1. The van der Waals surface area contributed by atoms with Crippen molar-refractivity contribution < 1.29 is 0 Å². The van der Waals surface area contributed by atoms with Crippen LogP contribution in [0, 0.1) is 0 Å². The zero-order valence-electron chi connectivity index (χ0n) is 8.23. The smallest absolute Gasteiger partial charge is 0.249 e. The molecule has 0 unspecified atom stereocenters. The number of pyridine rings is 1. The van der Waals surface area contributed by atoms with Gasteiger partial charge >= 0.3 is 0 Å². The van der Waals surface area contributed by atoms with E-state index in [1.165, 1.54) is 6.07 Å². The lowest BCUT2D eigenvalue weighted by molar-refractivity contribution is 1.24. The van der Waals surface area contributed by atoms with Crippen molar-refractivity contribution in [1.82, 2.24) is 4.98 Å². The Balaban J connectivity index is 2.69. The van der Waals surface area contributed by atoms with E-state index in [1.807, 2.05) is 0 Å². The summed E-state index contributed by atoms with van der Waals surface area (Å²) in [5.74, 6) is 0. The van der Waals surface area contributed by atoms with Gasteiger partial charge < -0.3 is 4.98 Å². The predicted molar refractivity (Wildman–Crippen MR) is 72.5 cm³/mol. The average Bonchev–Trinajstić information content (AvgIpc) is 2.24. The molecule has 2 nitrogen and oxygen atoms in total. The van der Waals surface area contributed by atoms with Gasteiger partial charge in [-0.05, 0) is 17.7 Å². The molecular formula is C11H5Cl4NO. The highest BCUT2D eigenvalue weighted by atomic mass is 35.5. The van der Waals surface area contributed by atoms with Crippen molar-refractivity contribution >= 4 is 46.4 Å². The standard InChI is InChI=1S/C11H5Cl4NO/c12-7-2-1-6(10(14)11(7)15)5-3-8(13)16-9(17)4-5/h1-4H,(H,16,17). The van der Waals surface area contributed by atoms with E-state index >= 15 is 0 Å². The van der Waals surface area contributed by atoms with Crippen molar-refractivity contribution in [3.05, 3.63) is 54.8 Å². The Hall–Kier alpha value is -0.670. The van der Waals surface area contributed by atoms with E-state index in [-0.39, 0.29) is 15.7 Å². The maximum Gasteiger partial charge on any atom is 0.249 e. The number of aromatic amines is 1. The summed E-state index contributed by atoms with van der Waals surface area (Å²) in [6.07, 6.45) is 0. The van der Waals surface area contributed by atoms with Crippen LogP contribution in [0.4, 0.5) is 0 Å². The highest BCUT2D eigenvalue weighted by molar-refractivity contribution is 6.49. The van der Waals surface area contributed by atoms with Gasteiger partial charge in [-0.25, -0.2) is 0 Å². The molecule has 6 heteroatoms. The molecule has 0 aliphatic carbocycles. The van der Waals surface area contributed by atoms with E-state index < -0.39 is 0 Å². The van der Waals surface area contributed by atoms with Crippen LogP contribution in [0.2, 0.25) is 20.2 Å². The molecule has 1 aromatic carbocycles. The second-order valence-corrected chi connectivity index (χ2v) is 4.87. The minimum atomic E-state index is -0.311. The van der Waals surface area contributed by atoms with Crippen LogP contribution in [0.1, 0.15) is 0 Å². The van der Waals surface area contributed by atoms with Crippen LogP contribution in [-0.2, 0) is 0 Å². The molecule has 0 aliphatic rings. The fourth-order valence-corrected chi connectivity index (χ4v) is 2.27. The van der Waals surface area contributed by atoms with Crippen molar-refractivity contribution in [2.45, 2.75) is 0 Å². The third kappa shape index (κ3) is 2.61. The normalized spacial score (nSPS) is 10.6. The van der Waals surface area contributed by atoms with Crippen molar-refractivity contribution in [3.8, 4) is 11.1 Å². The van der Waals surface area contributed by atoms with Crippen LogP contribution in [0.3, 0.4) is 0 Å². The van der Waals surface area contributed by atoms with Crippen LogP contribution in [0.5, 0.6) is 0 Å². The third-order valence-electron chi connectivity index (χ3n) is 2.16. The second kappa shape index (κ2) is 4.91. The van der Waals surface area contributed by atoms with Gasteiger partial charge in [0.05, 0.1) is 15.1 Å². The van der Waals surface area contributed by atoms with Crippen LogP contribution >= 0.6 is 46.4 Å². The van der Waals surface area contributed by atoms with Crippen LogP contribution in [0.15, 0.2) is 29.1 Å². The molecule has 0 fully saturated rings. The Morgan fingerprint density at radius 3 is 2.29 bits per heavy atom. The molecule has 0 atom stereocenters. The summed E-state index contributed by atoms with van der Waals surface area (Å²) >= 11 is 23.6. The Bertz CT molecular complexity index is 636. The number of aromatic nitrogens is 1. The van der Waals surface area contributed by atoms with Crippen LogP contribution in [-0.4, -0.2) is 4.98 Å². The minimum absolute atomic E-state index is 0.231. The zero-order chi connectivity index (χ0) is 12.6. The highest BCUT2D eigenvalue weighted by Crippen LogP contribution is 2.37. The Kier molecular flexibility index (Phi) is 3.69. The van der Waals surface area contributed by atoms with E-state index in [4.69, 9.17) is 46.4 Å². The van der Waals surface area contributed by atoms with Gasteiger partial charge in [0.2, 0.25) is 5.56 Å². The van der Waals surface area contributed by atoms with Crippen LogP contribution < -0.4 is 5.56 Å². The molecule has 0 saturated heterocycles. The predicted octanol–water partition coefficient (Wildman–Crippen LogP) is 4.66. The summed E-state index contributed by atoms with van der Waals surface area (Å²) in [7, 11) is 0. The van der Waals surface area contributed by atoms with Gasteiger partial charge in [0.25, 0.3) is 0 Å². The van der Waals surface area contributed by atoms with Crippen molar-refractivity contribution in [1.29, 1.82) is 0 Å². The maximum atomic E-state index is 11.3. The summed E-state index contributed by atoms with van der Waals surface area (Å²) in [5, 5.41) is 1.13. The first-order valence-corrected chi connectivity index (χ1v) is 6.04. The Morgan fingerprint density at radius 1 is 0.941 bits per heavy atom. The number of hydrogen-bond acceptors (Lipinski definition) is 1. The first-order valence-electron chi connectivity index (χ1n) is 4.53. The monoisotopic (exact) mass is 307 g/mol. The van der Waals surface area contributed by atoms with E-state index in [0.29, 0.717) is 21.2 Å². The van der Waals surface area contributed by atoms with Gasteiger partial charge in [-0.15, -0.1) is 0 Å². The summed E-state index contributed by atoms with van der Waals surface area (Å²) in [4.78, 5) is 13.7. The van der Waals surface area contributed by atoms with Crippen LogP contribution in [0.25, 0.3) is 11.1 Å². The largest absolute Gasteiger partial charge is 0.313 e. The lowest BCUT2D eigenvalue weighted by atomic mass is 10.1. The van der Waals surface area contributed by atoms with Gasteiger partial charge in [-0.3, -0.25) is 4.79 Å². The molecular weight excluding hydrogens is 304 g/mol. The molecule has 88 valence electrons. The van der Waals surface area contributed by atoms with Gasteiger partial charge in [0.15, 0.2) is 0 Å². The molecule has 1 aromatic heterocycles. The van der Waals surface area contributed by atoms with E-state index in [2.05, 4.69) is 4.98 Å². The summed E-state index contributed by atoms with van der Waals surface area (Å²) in [5.41, 5.74) is 0.881. The molecule has 0 bridgehead atoms. The number of hydrogen-bond donors (Lipinski definition) is 1. The van der Waals surface area contributed by atoms with Crippen molar-refractivity contribution in [3.63, 3.8) is 0 Å². The number of nitrogens with one attached hydrogen (secondary N) is 1. The Morgan fingerprint density at radius 2 is 1.65 bits per heavy atom. The molecule has 0 saturated carbocycles. The van der Waals surface area contributed by atoms with Crippen molar-refractivity contribution in [2.24, 2.45) is 0 Å². The number of benzene rings is 1. The summed E-state index contributed by atoms with van der Waals surface area (Å²) < 4.78 is 0. The van der Waals surface area contributed by atoms with E-state index in [1.54, 1.807) is 18.2 Å². The topological polar surface area (TPSA) is 32.9 Å². The quantitative estimate of drug-likeness (QED) is 0.603. The molecule has 0 amide bonds. The van der Waals surface area contributed by atoms with Gasteiger partial charge in [-0.2, -0.15) is 0 Å². The fraction of sp³-hybridized carbons (Fsp3) is 0. The first-order chi connectivity index (χ1) is 7.99. The molecule has 2 aromatic rings. The van der Waals surface area contributed by atoms with E-state index in [0.717, 1.165) is 0 Å². The minimum Gasteiger partial charge on any atom is -0.313 e. The second-order valence-electron chi connectivity index (χ2n) is 3.30. The lowest BCUT2D eigenvalue weighted by Gasteiger charge is -2.07. The maximum absolute atomic E-state index is 11.3. The lowest BCUT2D eigenvalue weighted by Crippen LogP contribution is -2.03. The van der Waals surface area contributed by atoms with Gasteiger partial charge in [0.1, 0.15) is 5.15 Å². The zero-order valence-corrected chi connectivity index (χ0v) is 11.3. The number of rotatable bonds is 1. The van der Waals surface area contributed by atoms with Gasteiger partial charge in [0, 0.05) is 11.6 Å². The number of halogens is 4. The summed E-state index contributed by atoms with van der Waals surface area (Å²) in [6, 6.07) is 6.27. The Labute approximate surface area is 117 Å². The van der Waals surface area contributed by atoms with Crippen molar-refractivity contribution in [2.75, 3.05) is 0 Å². The molecule has 0 radical (unpaired) electrons. The molecule has 1 N–H and O–H groups in total. The third-order valence-corrected chi connectivity index (χ3v) is 3.65. The summed E-state index contributed by atoms with van der Waals surface area (Å²) in [6.45, 7) is 0. The molecule has 0 spiro atoms. The van der Waals surface area contributed by atoms with Gasteiger partial charge in [-0.1, -0.05) is 52.5 Å². The SMILES string of the molecule is O=c1cc(-c2ccc(Cl)c(Cl)c2Cl)cc(Cl)[nH]1. The highest BCUT2D eigenvalue weighted by Gasteiger charge is 2.11. The first kappa shape index (κ1) is 12.8. The van der Waals surface area contributed by atoms with E-state index in [9.17, 15) is 4.79 Å².